The number of amides is 4. The van der Waals surface area contributed by atoms with Crippen LogP contribution in [0.3, 0.4) is 0 Å². The van der Waals surface area contributed by atoms with E-state index in [1.54, 1.807) is 30.9 Å². The van der Waals surface area contributed by atoms with Gasteiger partial charge in [0.2, 0.25) is 11.6 Å². The lowest BCUT2D eigenvalue weighted by molar-refractivity contribution is -0.174. The number of urea groups is 1. The molecule has 1 aliphatic carbocycles. The Kier molecular flexibility index (Phi) is 10.5. The number of rotatable bonds is 8. The zero-order chi connectivity index (χ0) is 37.4. The number of hydrogen-bond acceptors (Lipinski definition) is 9. The van der Waals surface area contributed by atoms with Gasteiger partial charge in [0.05, 0.1) is 6.61 Å². The van der Waals surface area contributed by atoms with Crippen molar-refractivity contribution < 1.29 is 38.7 Å². The van der Waals surface area contributed by atoms with Crippen molar-refractivity contribution in [2.45, 2.75) is 89.8 Å². The van der Waals surface area contributed by atoms with Gasteiger partial charge in [0.15, 0.2) is 11.6 Å². The van der Waals surface area contributed by atoms with Crippen molar-refractivity contribution in [3.63, 3.8) is 0 Å². The van der Waals surface area contributed by atoms with E-state index in [1.807, 2.05) is 41.2 Å². The van der Waals surface area contributed by atoms with Crippen molar-refractivity contribution in [1.29, 1.82) is 0 Å². The summed E-state index contributed by atoms with van der Waals surface area (Å²) in [5, 5.41) is 15.4. The molecule has 2 N–H and O–H groups in total. The maximum atomic E-state index is 14.5. The Morgan fingerprint density at radius 3 is 2.23 bits per heavy atom. The second-order valence-corrected chi connectivity index (χ2v) is 15.3. The number of hydroxylamine groups is 2. The number of fused-ring (bicyclic) bond motifs is 1. The summed E-state index contributed by atoms with van der Waals surface area (Å²) in [6, 6.07) is 11.1. The molecule has 13 nitrogen and oxygen atoms in total. The second-order valence-electron chi connectivity index (χ2n) is 15.3. The van der Waals surface area contributed by atoms with Gasteiger partial charge in [-0.3, -0.25) is 19.2 Å². The predicted octanol–water partition coefficient (Wildman–Crippen LogP) is 4.40. The van der Waals surface area contributed by atoms with Crippen molar-refractivity contribution >= 4 is 35.3 Å². The molecule has 4 heterocycles. The minimum atomic E-state index is -1.51. The highest BCUT2D eigenvalue weighted by Gasteiger charge is 2.72. The summed E-state index contributed by atoms with van der Waals surface area (Å²) in [7, 11) is 0. The first-order valence-electron chi connectivity index (χ1n) is 19.2. The highest BCUT2D eigenvalue weighted by Crippen LogP contribution is 2.48. The number of carbonyl (C=O) groups is 5. The van der Waals surface area contributed by atoms with Gasteiger partial charge >= 0.3 is 12.1 Å². The Labute approximate surface area is 310 Å². The monoisotopic (exact) mass is 729 g/mol. The fraction of sp³-hybridized carbons (Fsp3) is 0.575. The maximum Gasteiger partial charge on any atom is 0.410 e. The molecule has 0 bridgehead atoms. The number of ether oxygens (including phenoxy) is 1. The van der Waals surface area contributed by atoms with Crippen LogP contribution in [-0.2, 0) is 36.8 Å². The molecule has 5 aliphatic rings. The lowest BCUT2D eigenvalue weighted by Gasteiger charge is -2.43. The predicted molar refractivity (Wildman–Crippen MR) is 195 cm³/mol. The number of para-hydroxylation sites is 1. The number of anilines is 1. The summed E-state index contributed by atoms with van der Waals surface area (Å²) < 4.78 is 6.05. The lowest BCUT2D eigenvalue weighted by atomic mass is 9.75. The molecule has 2 atom stereocenters. The number of aromatic hydroxyl groups is 1. The van der Waals surface area contributed by atoms with E-state index in [2.05, 4.69) is 5.32 Å². The molecule has 3 saturated heterocycles. The highest BCUT2D eigenvalue weighted by molar-refractivity contribution is 6.67. The molecular weight excluding hydrogens is 678 g/mol. The quantitative estimate of drug-likeness (QED) is 0.298. The number of hydrogen-bond donors (Lipinski definition) is 2. The van der Waals surface area contributed by atoms with Gasteiger partial charge in [-0.15, -0.1) is 0 Å². The van der Waals surface area contributed by atoms with Crippen LogP contribution in [0.25, 0.3) is 0 Å². The van der Waals surface area contributed by atoms with Crippen LogP contribution >= 0.6 is 0 Å². The highest BCUT2D eigenvalue weighted by atomic mass is 16.7. The molecule has 1 unspecified atom stereocenters. The summed E-state index contributed by atoms with van der Waals surface area (Å²) in [5.41, 5.74) is 2.34. The minimum Gasteiger partial charge on any atom is -0.507 e. The summed E-state index contributed by atoms with van der Waals surface area (Å²) in [6.07, 6.45) is 2.63. The van der Waals surface area contributed by atoms with Crippen molar-refractivity contribution in [1.82, 2.24) is 19.8 Å². The molecule has 4 aliphatic heterocycles. The third-order valence-corrected chi connectivity index (χ3v) is 12.2. The van der Waals surface area contributed by atoms with Gasteiger partial charge in [-0.1, -0.05) is 30.3 Å². The zero-order valence-corrected chi connectivity index (χ0v) is 31.0. The van der Waals surface area contributed by atoms with E-state index in [0.717, 1.165) is 43.6 Å². The Balaban J connectivity index is 1.04. The number of carbonyl (C=O) groups excluding carboxylic acids is 5. The van der Waals surface area contributed by atoms with Gasteiger partial charge in [-0.25, -0.2) is 9.59 Å². The van der Waals surface area contributed by atoms with Crippen LogP contribution in [-0.4, -0.2) is 118 Å². The lowest BCUT2D eigenvalue weighted by Crippen LogP contribution is -2.56. The van der Waals surface area contributed by atoms with E-state index in [4.69, 9.17) is 9.57 Å². The molecule has 1 spiro atoms. The topological polar surface area (TPSA) is 149 Å². The molecule has 2 aromatic rings. The molecular formula is C40H51N5O8. The largest absolute Gasteiger partial charge is 0.507 e. The smallest absolute Gasteiger partial charge is 0.410 e. The summed E-state index contributed by atoms with van der Waals surface area (Å²) in [5.74, 6) is -1.07. The van der Waals surface area contributed by atoms with Crippen LogP contribution in [0.4, 0.5) is 15.3 Å². The van der Waals surface area contributed by atoms with Gasteiger partial charge < -0.3 is 29.9 Å². The summed E-state index contributed by atoms with van der Waals surface area (Å²) >= 11 is 0. The van der Waals surface area contributed by atoms with Crippen LogP contribution in [0, 0.1) is 25.7 Å². The van der Waals surface area contributed by atoms with E-state index in [9.17, 15) is 29.1 Å². The van der Waals surface area contributed by atoms with Crippen molar-refractivity contribution in [3.8, 4) is 5.75 Å². The molecule has 4 fully saturated rings. The van der Waals surface area contributed by atoms with Crippen molar-refractivity contribution in [2.75, 3.05) is 51.2 Å². The molecule has 284 valence electrons. The zero-order valence-electron chi connectivity index (χ0n) is 31.0. The van der Waals surface area contributed by atoms with Gasteiger partial charge in [0.25, 0.3) is 5.91 Å². The third kappa shape index (κ3) is 7.25. The fourth-order valence-electron chi connectivity index (χ4n) is 9.15. The van der Waals surface area contributed by atoms with E-state index in [0.29, 0.717) is 68.1 Å². The Bertz CT molecular complexity index is 1730. The van der Waals surface area contributed by atoms with E-state index in [1.165, 1.54) is 4.90 Å². The number of benzene rings is 2. The first-order valence-corrected chi connectivity index (χ1v) is 19.2. The summed E-state index contributed by atoms with van der Waals surface area (Å²) in [4.78, 5) is 78.3. The number of Topliss-reactive ketones (excluding diaryl/α,β-unsaturated/α-hetero) is 2. The van der Waals surface area contributed by atoms with Crippen LogP contribution in [0.5, 0.6) is 5.75 Å². The van der Waals surface area contributed by atoms with Crippen LogP contribution in [0.1, 0.15) is 67.7 Å². The van der Waals surface area contributed by atoms with Gasteiger partial charge in [0.1, 0.15) is 5.75 Å². The first kappa shape index (κ1) is 36.9. The summed E-state index contributed by atoms with van der Waals surface area (Å²) in [6.45, 7) is 9.15. The van der Waals surface area contributed by atoms with Crippen molar-refractivity contribution in [2.24, 2.45) is 11.8 Å². The number of phenolic OH excluding ortho intramolecular Hbond substituents is 1. The molecule has 1 saturated carbocycles. The first-order chi connectivity index (χ1) is 25.5. The van der Waals surface area contributed by atoms with E-state index in [-0.39, 0.29) is 43.1 Å². The molecule has 53 heavy (non-hydrogen) atoms. The average molecular weight is 730 g/mol. The molecule has 4 amide bonds. The minimum absolute atomic E-state index is 0.0196. The van der Waals surface area contributed by atoms with Crippen LogP contribution in [0.15, 0.2) is 36.4 Å². The van der Waals surface area contributed by atoms with Gasteiger partial charge in [-0.2, -0.15) is 5.06 Å². The third-order valence-electron chi connectivity index (χ3n) is 12.2. The van der Waals surface area contributed by atoms with E-state index < -0.39 is 35.2 Å². The molecule has 2 aromatic carbocycles. The Morgan fingerprint density at radius 1 is 0.906 bits per heavy atom. The number of ketones is 2. The second kappa shape index (κ2) is 15.1. The van der Waals surface area contributed by atoms with Gasteiger partial charge in [-0.05, 0) is 106 Å². The van der Waals surface area contributed by atoms with Gasteiger partial charge in [0, 0.05) is 57.4 Å². The van der Waals surface area contributed by atoms with Crippen LogP contribution in [0.2, 0.25) is 0 Å². The SMILES string of the molecule is CCON1CCC([C@@H]2CCN(C(=O)C(Cc3cc(C)c(O)c(C)c3)OC(=O)N3CCC(N4CCc5ccccc5NC4=O)CC3)C3(C2)C(=O)C3=O)CC1. The standard InChI is InChI=1S/C40H51N5O8/c1-4-52-43-17-9-28(10-18-43)30-12-20-45(40(24-30)35(47)36(40)48)37(49)33(23-27-21-25(2)34(46)26(3)22-27)53-39(51)42-15-13-31(14-16-42)44-19-11-29-7-5-6-8-32(29)41-38(44)50/h5-8,21-22,28,30-31,33,46H,4,9-20,23-24H2,1-3H3,(H,41,50)/t30-,33?/m1/s1. The van der Waals surface area contributed by atoms with Crippen molar-refractivity contribution in [3.05, 3.63) is 58.7 Å². The number of phenols is 1. The average Bonchev–Trinajstić information content (AvgIpc) is 3.72. The van der Waals surface area contributed by atoms with Crippen LogP contribution < -0.4 is 5.32 Å². The number of nitrogens with one attached hydrogen (secondary N) is 1. The molecule has 0 aromatic heterocycles. The number of aryl methyl sites for hydroxylation is 2. The molecule has 13 heteroatoms. The fourth-order valence-corrected chi connectivity index (χ4v) is 9.15. The Hall–Kier alpha value is -4.49. The number of piperidine rings is 3. The normalized spacial score (nSPS) is 23.0. The number of likely N-dealkylation sites (tertiary alicyclic amines) is 2. The Morgan fingerprint density at radius 2 is 1.57 bits per heavy atom. The molecule has 0 radical (unpaired) electrons. The van der Waals surface area contributed by atoms with E-state index >= 15 is 0 Å². The molecule has 7 rings (SSSR count). The number of nitrogens with zero attached hydrogens (tertiary/aromatic N) is 4. The maximum absolute atomic E-state index is 14.5.